The first kappa shape index (κ1) is 23.0. The zero-order valence-electron chi connectivity index (χ0n) is 17.3. The second-order valence-electron chi connectivity index (χ2n) is 7.85. The minimum absolute atomic E-state index is 0.0124. The molecular weight excluding hydrogens is 464 g/mol. The molecule has 5 nitrogen and oxygen atoms in total. The molecule has 1 fully saturated rings. The maximum atomic E-state index is 12.7. The monoisotopic (exact) mass is 492 g/mol. The van der Waals surface area contributed by atoms with Crippen molar-refractivity contribution in [1.29, 1.82) is 0 Å². The van der Waals surface area contributed by atoms with Crippen LogP contribution in [0.1, 0.15) is 43.7 Å². The molecule has 0 spiro atoms. The minimum Gasteiger partial charge on any atom is -0.326 e. The number of sulfonamides is 1. The Morgan fingerprint density at radius 3 is 2.23 bits per heavy atom. The first-order valence-electron chi connectivity index (χ1n) is 10.5. The zero-order valence-corrected chi connectivity index (χ0v) is 19.7. The number of amides is 1. The number of piperidine rings is 1. The van der Waals surface area contributed by atoms with Crippen LogP contribution in [-0.2, 0) is 27.0 Å². The number of benzene rings is 2. The molecule has 2 aromatic rings. The van der Waals surface area contributed by atoms with Gasteiger partial charge in [-0.25, -0.2) is 12.7 Å². The Kier molecular flexibility index (Phi) is 8.08. The molecule has 3 rings (SSSR count). The molecule has 0 saturated carbocycles. The molecule has 0 unspecified atom stereocenters. The van der Waals surface area contributed by atoms with E-state index < -0.39 is 10.0 Å². The van der Waals surface area contributed by atoms with E-state index in [9.17, 15) is 13.2 Å². The van der Waals surface area contributed by atoms with Gasteiger partial charge in [-0.3, -0.25) is 4.79 Å². The van der Waals surface area contributed by atoms with E-state index in [1.807, 2.05) is 36.4 Å². The zero-order chi connectivity index (χ0) is 21.6. The lowest BCUT2D eigenvalue weighted by molar-refractivity contribution is -0.120. The average molecular weight is 493 g/mol. The fourth-order valence-electron chi connectivity index (χ4n) is 3.66. The second-order valence-corrected chi connectivity index (χ2v) is 10.7. The molecule has 1 N–H and O–H groups in total. The van der Waals surface area contributed by atoms with Gasteiger partial charge in [0.15, 0.2) is 0 Å². The van der Waals surface area contributed by atoms with Crippen LogP contribution in [0.15, 0.2) is 53.0 Å². The first-order chi connectivity index (χ1) is 14.4. The number of nitrogens with zero attached hydrogens (tertiary/aromatic N) is 1. The fraction of sp³-hybridized carbons (Fsp3) is 0.435. The highest BCUT2D eigenvalue weighted by Gasteiger charge is 2.31. The van der Waals surface area contributed by atoms with E-state index in [0.29, 0.717) is 25.9 Å². The number of halogens is 1. The van der Waals surface area contributed by atoms with E-state index in [0.717, 1.165) is 35.0 Å². The van der Waals surface area contributed by atoms with E-state index in [1.54, 1.807) is 0 Å². The highest BCUT2D eigenvalue weighted by molar-refractivity contribution is 9.10. The van der Waals surface area contributed by atoms with Crippen molar-refractivity contribution >= 4 is 37.5 Å². The van der Waals surface area contributed by atoms with E-state index >= 15 is 0 Å². The summed E-state index contributed by atoms with van der Waals surface area (Å²) in [6.07, 6.45) is 4.46. The molecule has 2 aromatic carbocycles. The van der Waals surface area contributed by atoms with Crippen LogP contribution in [0, 0.1) is 5.92 Å². The summed E-state index contributed by atoms with van der Waals surface area (Å²) in [6, 6.07) is 15.3. The van der Waals surface area contributed by atoms with Crippen molar-refractivity contribution in [2.45, 2.75) is 44.8 Å². The minimum atomic E-state index is -3.38. The molecule has 1 amide bonds. The van der Waals surface area contributed by atoms with Crippen LogP contribution < -0.4 is 5.32 Å². The smallest absolute Gasteiger partial charge is 0.227 e. The van der Waals surface area contributed by atoms with Crippen molar-refractivity contribution in [3.05, 3.63) is 64.1 Å². The van der Waals surface area contributed by atoms with Crippen LogP contribution in [0.4, 0.5) is 5.69 Å². The summed E-state index contributed by atoms with van der Waals surface area (Å²) < 4.78 is 27.9. The largest absolute Gasteiger partial charge is 0.326 e. The highest BCUT2D eigenvalue weighted by Crippen LogP contribution is 2.24. The van der Waals surface area contributed by atoms with Crippen LogP contribution >= 0.6 is 15.9 Å². The van der Waals surface area contributed by atoms with Gasteiger partial charge in [0.1, 0.15) is 0 Å². The standard InChI is InChI=1S/C23H29BrN2O3S/c1-2-3-4-18-7-11-22(12-8-18)25-23(27)20-13-15-26(16-14-20)30(28,29)17-19-5-9-21(24)10-6-19/h5-12,20H,2-4,13-17H2,1H3,(H,25,27). The van der Waals surface area contributed by atoms with Crippen LogP contribution in [0.2, 0.25) is 0 Å². The van der Waals surface area contributed by atoms with Gasteiger partial charge in [-0.2, -0.15) is 0 Å². The number of unbranched alkanes of at least 4 members (excludes halogenated alkanes) is 1. The molecule has 0 aliphatic carbocycles. The van der Waals surface area contributed by atoms with Crippen molar-refractivity contribution in [3.8, 4) is 0 Å². The third-order valence-corrected chi connectivity index (χ3v) is 7.90. The Labute approximate surface area is 188 Å². The lowest BCUT2D eigenvalue weighted by atomic mass is 9.97. The van der Waals surface area contributed by atoms with Gasteiger partial charge in [0, 0.05) is 29.2 Å². The van der Waals surface area contributed by atoms with Gasteiger partial charge < -0.3 is 5.32 Å². The molecule has 0 bridgehead atoms. The van der Waals surface area contributed by atoms with Crippen molar-refractivity contribution in [1.82, 2.24) is 4.31 Å². The third kappa shape index (κ3) is 6.40. The summed E-state index contributed by atoms with van der Waals surface area (Å²) in [5, 5.41) is 2.98. The Morgan fingerprint density at radius 1 is 1.03 bits per heavy atom. The second kappa shape index (κ2) is 10.6. The van der Waals surface area contributed by atoms with E-state index in [4.69, 9.17) is 0 Å². The summed E-state index contributed by atoms with van der Waals surface area (Å²) in [4.78, 5) is 12.6. The predicted octanol–water partition coefficient (Wildman–Crippen LogP) is 4.97. The summed E-state index contributed by atoms with van der Waals surface area (Å²) >= 11 is 3.36. The van der Waals surface area contributed by atoms with Crippen molar-refractivity contribution in [2.24, 2.45) is 5.92 Å². The number of anilines is 1. The number of aryl methyl sites for hydroxylation is 1. The summed E-state index contributed by atoms with van der Waals surface area (Å²) in [7, 11) is -3.38. The Hall–Kier alpha value is -1.70. The molecule has 1 saturated heterocycles. The van der Waals surface area contributed by atoms with Crippen molar-refractivity contribution in [3.63, 3.8) is 0 Å². The maximum Gasteiger partial charge on any atom is 0.227 e. The van der Waals surface area contributed by atoms with Crippen LogP contribution in [0.3, 0.4) is 0 Å². The number of nitrogens with one attached hydrogen (secondary N) is 1. The van der Waals surface area contributed by atoms with Gasteiger partial charge in [0.25, 0.3) is 0 Å². The van der Waals surface area contributed by atoms with Gasteiger partial charge in [0.2, 0.25) is 15.9 Å². The summed E-state index contributed by atoms with van der Waals surface area (Å²) in [5.74, 6) is -0.202. The van der Waals surface area contributed by atoms with Crippen molar-refractivity contribution in [2.75, 3.05) is 18.4 Å². The predicted molar refractivity (Wildman–Crippen MR) is 125 cm³/mol. The number of carbonyl (C=O) groups is 1. The van der Waals surface area contributed by atoms with E-state index in [2.05, 4.69) is 40.3 Å². The molecule has 1 aliphatic heterocycles. The Morgan fingerprint density at radius 2 is 1.63 bits per heavy atom. The Balaban J connectivity index is 1.50. The van der Waals surface area contributed by atoms with Crippen molar-refractivity contribution < 1.29 is 13.2 Å². The molecular formula is C23H29BrN2O3S. The van der Waals surface area contributed by atoms with Gasteiger partial charge >= 0.3 is 0 Å². The van der Waals surface area contributed by atoms with Gasteiger partial charge in [-0.05, 0) is 61.1 Å². The maximum absolute atomic E-state index is 12.7. The number of hydrogen-bond acceptors (Lipinski definition) is 3. The molecule has 0 atom stereocenters. The molecule has 30 heavy (non-hydrogen) atoms. The van der Waals surface area contributed by atoms with E-state index in [-0.39, 0.29) is 17.6 Å². The molecule has 1 aliphatic rings. The van der Waals surface area contributed by atoms with Gasteiger partial charge in [0.05, 0.1) is 5.75 Å². The van der Waals surface area contributed by atoms with Gasteiger partial charge in [-0.1, -0.05) is 53.5 Å². The number of carbonyl (C=O) groups excluding carboxylic acids is 1. The molecule has 0 aromatic heterocycles. The lowest BCUT2D eigenvalue weighted by Crippen LogP contribution is -2.41. The normalized spacial score (nSPS) is 15.8. The van der Waals surface area contributed by atoms with E-state index in [1.165, 1.54) is 9.87 Å². The van der Waals surface area contributed by atoms with Crippen LogP contribution in [0.5, 0.6) is 0 Å². The Bertz CT molecular complexity index is 935. The molecule has 0 radical (unpaired) electrons. The van der Waals surface area contributed by atoms with Gasteiger partial charge in [-0.15, -0.1) is 0 Å². The highest BCUT2D eigenvalue weighted by atomic mass is 79.9. The lowest BCUT2D eigenvalue weighted by Gasteiger charge is -2.30. The van der Waals surface area contributed by atoms with Crippen LogP contribution in [0.25, 0.3) is 0 Å². The number of hydrogen-bond donors (Lipinski definition) is 1. The summed E-state index contributed by atoms with van der Waals surface area (Å²) in [6.45, 7) is 2.94. The molecule has 7 heteroatoms. The fourth-order valence-corrected chi connectivity index (χ4v) is 5.49. The summed E-state index contributed by atoms with van der Waals surface area (Å²) in [5.41, 5.74) is 2.84. The molecule has 162 valence electrons. The van der Waals surface area contributed by atoms with Crippen LogP contribution in [-0.4, -0.2) is 31.7 Å². The topological polar surface area (TPSA) is 66.5 Å². The molecule has 1 heterocycles. The first-order valence-corrected chi connectivity index (χ1v) is 12.9. The number of rotatable bonds is 8. The SMILES string of the molecule is CCCCc1ccc(NC(=O)C2CCN(S(=O)(=O)Cc3ccc(Br)cc3)CC2)cc1. The quantitative estimate of drug-likeness (QED) is 0.565. The average Bonchev–Trinajstić information content (AvgIpc) is 2.75. The third-order valence-electron chi connectivity index (χ3n) is 5.52.